The lowest BCUT2D eigenvalue weighted by Crippen LogP contribution is -1.74. The molecular formula is C6H3Cl3N. The van der Waals surface area contributed by atoms with Crippen molar-refractivity contribution in [1.29, 1.82) is 0 Å². The molecule has 0 aromatic heterocycles. The molecule has 1 N–H and O–H groups in total. The van der Waals surface area contributed by atoms with E-state index in [2.05, 4.69) is 0 Å². The topological polar surface area (TPSA) is 23.8 Å². The molecule has 0 saturated heterocycles. The van der Waals surface area contributed by atoms with E-state index >= 15 is 0 Å². The minimum atomic E-state index is 0.118. The number of benzene rings is 1. The molecule has 0 aliphatic carbocycles. The second kappa shape index (κ2) is 2.87. The third kappa shape index (κ3) is 1.48. The monoisotopic (exact) mass is 194 g/mol. The molecule has 1 radical (unpaired) electrons. The Morgan fingerprint density at radius 2 is 1.40 bits per heavy atom. The minimum Gasteiger partial charge on any atom is -0.298 e. The van der Waals surface area contributed by atoms with Gasteiger partial charge >= 0.3 is 0 Å². The molecule has 0 bridgehead atoms. The smallest absolute Gasteiger partial charge is 0.0913 e. The first-order chi connectivity index (χ1) is 4.61. The third-order valence-corrected chi connectivity index (χ3v) is 1.82. The Morgan fingerprint density at radius 3 is 1.80 bits per heavy atom. The van der Waals surface area contributed by atoms with Gasteiger partial charge < -0.3 is 0 Å². The van der Waals surface area contributed by atoms with E-state index in [1.165, 1.54) is 12.1 Å². The van der Waals surface area contributed by atoms with Crippen LogP contribution in [0.4, 0.5) is 5.69 Å². The van der Waals surface area contributed by atoms with Crippen LogP contribution >= 0.6 is 34.8 Å². The van der Waals surface area contributed by atoms with E-state index in [1.807, 2.05) is 0 Å². The first-order valence-electron chi connectivity index (χ1n) is 2.47. The van der Waals surface area contributed by atoms with Crippen molar-refractivity contribution >= 4 is 40.5 Å². The molecule has 10 heavy (non-hydrogen) atoms. The summed E-state index contributed by atoms with van der Waals surface area (Å²) in [5.41, 5.74) is 7.34. The maximum absolute atomic E-state index is 7.22. The quantitative estimate of drug-likeness (QED) is 0.604. The van der Waals surface area contributed by atoms with E-state index in [0.717, 1.165) is 0 Å². The summed E-state index contributed by atoms with van der Waals surface area (Å²) in [6.07, 6.45) is 0. The number of rotatable bonds is 0. The number of hydrogen-bond acceptors (Lipinski definition) is 0. The van der Waals surface area contributed by atoms with Crippen molar-refractivity contribution in [3.05, 3.63) is 27.2 Å². The molecule has 0 heterocycles. The van der Waals surface area contributed by atoms with Crippen LogP contribution in [0.25, 0.3) is 0 Å². The van der Waals surface area contributed by atoms with Gasteiger partial charge in [0.1, 0.15) is 0 Å². The first kappa shape index (κ1) is 7.99. The van der Waals surface area contributed by atoms with E-state index in [0.29, 0.717) is 5.02 Å². The lowest BCUT2D eigenvalue weighted by atomic mass is 10.3. The van der Waals surface area contributed by atoms with E-state index in [9.17, 15) is 0 Å². The Bertz CT molecular complexity index is 236. The van der Waals surface area contributed by atoms with Crippen molar-refractivity contribution in [2.45, 2.75) is 0 Å². The summed E-state index contributed by atoms with van der Waals surface area (Å²) in [5, 5.41) is 1.00. The van der Waals surface area contributed by atoms with E-state index in [-0.39, 0.29) is 15.7 Å². The summed E-state index contributed by atoms with van der Waals surface area (Å²) in [4.78, 5) is 0. The van der Waals surface area contributed by atoms with Gasteiger partial charge in [-0.25, -0.2) is 0 Å². The van der Waals surface area contributed by atoms with Crippen molar-refractivity contribution in [1.82, 2.24) is 5.73 Å². The maximum atomic E-state index is 7.22. The highest BCUT2D eigenvalue weighted by atomic mass is 35.5. The van der Waals surface area contributed by atoms with Gasteiger partial charge in [-0.2, -0.15) is 0 Å². The Kier molecular flexibility index (Phi) is 2.29. The summed E-state index contributed by atoms with van der Waals surface area (Å²) >= 11 is 16.7. The van der Waals surface area contributed by atoms with Crippen LogP contribution < -0.4 is 5.73 Å². The minimum absolute atomic E-state index is 0.118. The molecular weight excluding hydrogens is 192 g/mol. The largest absolute Gasteiger partial charge is 0.298 e. The Labute approximate surface area is 73.7 Å². The second-order valence-corrected chi connectivity index (χ2v) is 3.00. The van der Waals surface area contributed by atoms with E-state index in [1.54, 1.807) is 0 Å². The lowest BCUT2D eigenvalue weighted by Gasteiger charge is -1.98. The van der Waals surface area contributed by atoms with Crippen LogP contribution in [-0.4, -0.2) is 0 Å². The Morgan fingerprint density at radius 1 is 1.00 bits per heavy atom. The average molecular weight is 195 g/mol. The van der Waals surface area contributed by atoms with Crippen molar-refractivity contribution in [3.8, 4) is 0 Å². The van der Waals surface area contributed by atoms with Crippen LogP contribution in [0, 0.1) is 0 Å². The molecule has 0 atom stereocenters. The lowest BCUT2D eigenvalue weighted by molar-refractivity contribution is 1.48. The molecule has 0 fully saturated rings. The van der Waals surface area contributed by atoms with Gasteiger partial charge in [-0.1, -0.05) is 34.8 Å². The van der Waals surface area contributed by atoms with Crippen LogP contribution in [-0.2, 0) is 0 Å². The molecule has 0 spiro atoms. The Hall–Kier alpha value is -0.110. The molecule has 0 saturated carbocycles. The van der Waals surface area contributed by atoms with Crippen molar-refractivity contribution in [2.75, 3.05) is 0 Å². The SMILES string of the molecule is [NH]c1c(Cl)cc(Cl)cc1Cl. The zero-order valence-corrected chi connectivity index (χ0v) is 7.06. The van der Waals surface area contributed by atoms with Crippen molar-refractivity contribution < 1.29 is 0 Å². The summed E-state index contributed by atoms with van der Waals surface area (Å²) in [7, 11) is 0. The fraction of sp³-hybridized carbons (Fsp3) is 0. The van der Waals surface area contributed by atoms with Gasteiger partial charge in [0.15, 0.2) is 0 Å². The van der Waals surface area contributed by atoms with Crippen molar-refractivity contribution in [2.24, 2.45) is 0 Å². The van der Waals surface area contributed by atoms with Crippen molar-refractivity contribution in [3.63, 3.8) is 0 Å². The number of halogens is 3. The van der Waals surface area contributed by atoms with Gasteiger partial charge in [-0.15, -0.1) is 0 Å². The zero-order valence-electron chi connectivity index (χ0n) is 4.79. The van der Waals surface area contributed by atoms with Crippen LogP contribution in [0.5, 0.6) is 0 Å². The molecule has 0 aliphatic rings. The molecule has 1 aromatic carbocycles. The molecule has 1 nitrogen and oxygen atoms in total. The molecule has 1 rings (SSSR count). The van der Waals surface area contributed by atoms with Gasteiger partial charge in [-0.05, 0) is 12.1 Å². The van der Waals surface area contributed by atoms with Gasteiger partial charge in [0.2, 0.25) is 0 Å². The normalized spacial score (nSPS) is 9.90. The Balaban J connectivity index is 3.31. The predicted octanol–water partition coefficient (Wildman–Crippen LogP) is 3.56. The third-order valence-electron chi connectivity index (χ3n) is 1.01. The second-order valence-electron chi connectivity index (χ2n) is 1.74. The summed E-state index contributed by atoms with van der Waals surface area (Å²) < 4.78 is 0. The highest BCUT2D eigenvalue weighted by molar-refractivity contribution is 6.41. The standard InChI is InChI=1S/C6H3Cl3N/c7-3-1-4(8)6(10)5(9)2-3/h1-2,10H. The highest BCUT2D eigenvalue weighted by Crippen LogP contribution is 2.31. The van der Waals surface area contributed by atoms with E-state index < -0.39 is 0 Å². The number of hydrogen-bond donors (Lipinski definition) is 0. The van der Waals surface area contributed by atoms with Gasteiger partial charge in [-0.3, -0.25) is 5.73 Å². The first-order valence-corrected chi connectivity index (χ1v) is 3.61. The van der Waals surface area contributed by atoms with Gasteiger partial charge in [0.05, 0.1) is 15.7 Å². The molecule has 0 aliphatic heterocycles. The fourth-order valence-electron chi connectivity index (χ4n) is 0.542. The summed E-state index contributed by atoms with van der Waals surface area (Å²) in [6, 6.07) is 2.97. The number of nitrogens with one attached hydrogen (secondary N) is 1. The zero-order chi connectivity index (χ0) is 7.72. The fourth-order valence-corrected chi connectivity index (χ4v) is 1.36. The van der Waals surface area contributed by atoms with Crippen LogP contribution in [0.2, 0.25) is 15.1 Å². The maximum Gasteiger partial charge on any atom is 0.0913 e. The average Bonchev–Trinajstić information content (AvgIpc) is 1.82. The molecule has 1 aromatic rings. The van der Waals surface area contributed by atoms with Gasteiger partial charge in [0.25, 0.3) is 0 Å². The van der Waals surface area contributed by atoms with Crippen LogP contribution in [0.3, 0.4) is 0 Å². The van der Waals surface area contributed by atoms with Gasteiger partial charge in [0, 0.05) is 5.02 Å². The van der Waals surface area contributed by atoms with Crippen LogP contribution in [0.1, 0.15) is 0 Å². The highest BCUT2D eigenvalue weighted by Gasteiger charge is 2.02. The molecule has 0 unspecified atom stereocenters. The molecule has 53 valence electrons. The summed E-state index contributed by atoms with van der Waals surface area (Å²) in [5.74, 6) is 0. The van der Waals surface area contributed by atoms with Crippen LogP contribution in [0.15, 0.2) is 12.1 Å². The molecule has 4 heteroatoms. The molecule has 0 amide bonds. The van der Waals surface area contributed by atoms with E-state index in [4.69, 9.17) is 40.5 Å². The predicted molar refractivity (Wildman–Crippen MR) is 44.2 cm³/mol. The summed E-state index contributed by atoms with van der Waals surface area (Å²) in [6.45, 7) is 0.